The first-order valence-electron chi connectivity index (χ1n) is 14.5. The van der Waals surface area contributed by atoms with E-state index in [2.05, 4.69) is 9.71 Å². The van der Waals surface area contributed by atoms with E-state index >= 15 is 0 Å². The summed E-state index contributed by atoms with van der Waals surface area (Å²) in [5, 5.41) is -0.586. The van der Waals surface area contributed by atoms with Gasteiger partial charge in [-0.05, 0) is 60.1 Å². The molecule has 1 saturated heterocycles. The van der Waals surface area contributed by atoms with Crippen LogP contribution in [0.4, 0.5) is 18.9 Å². The largest absolute Gasteiger partial charge is 0.458 e. The number of rotatable bonds is 10. The number of esters is 1. The number of cyclic esters (lactones) is 1. The van der Waals surface area contributed by atoms with E-state index in [4.69, 9.17) is 4.74 Å². The Labute approximate surface area is 256 Å². The lowest BCUT2D eigenvalue weighted by molar-refractivity contribution is -0.182. The SMILES string of the molecule is CCCC1(CCc2ccccc2)CC(=O)C(C(c2cccc(NS(=O)(=O)c3ccc(C(F)(F)F)cn3)c2)C(C)(C)C)C(=O)O1. The first-order valence-corrected chi connectivity index (χ1v) is 16.0. The van der Waals surface area contributed by atoms with Crippen molar-refractivity contribution >= 4 is 27.5 Å². The Bertz CT molecular complexity index is 1570. The molecule has 0 amide bonds. The number of sulfonamides is 1. The molecule has 2 aromatic carbocycles. The third-order valence-electron chi connectivity index (χ3n) is 7.94. The molecular weight excluding hydrogens is 593 g/mol. The minimum absolute atomic E-state index is 0.0859. The zero-order chi connectivity index (χ0) is 32.3. The second kappa shape index (κ2) is 12.7. The summed E-state index contributed by atoms with van der Waals surface area (Å²) >= 11 is 0. The Hall–Kier alpha value is -3.73. The fraction of sp³-hybridized carbons (Fsp3) is 0.424. The summed E-state index contributed by atoms with van der Waals surface area (Å²) in [6, 6.07) is 17.5. The van der Waals surface area contributed by atoms with Gasteiger partial charge in [-0.25, -0.2) is 4.98 Å². The number of ketones is 1. The van der Waals surface area contributed by atoms with E-state index in [1.807, 2.05) is 58.0 Å². The number of anilines is 1. The molecule has 1 aliphatic rings. The number of pyridine rings is 1. The van der Waals surface area contributed by atoms with Crippen molar-refractivity contribution < 1.29 is 35.9 Å². The summed E-state index contributed by atoms with van der Waals surface area (Å²) in [5.74, 6) is -2.56. The van der Waals surface area contributed by atoms with Crippen molar-refractivity contribution in [2.24, 2.45) is 11.3 Å². The van der Waals surface area contributed by atoms with Crippen molar-refractivity contribution in [3.05, 3.63) is 89.6 Å². The van der Waals surface area contributed by atoms with Gasteiger partial charge in [0.05, 0.1) is 5.56 Å². The summed E-state index contributed by atoms with van der Waals surface area (Å²) in [6.45, 7) is 7.67. The van der Waals surface area contributed by atoms with Crippen LogP contribution in [-0.4, -0.2) is 30.8 Å². The topological polar surface area (TPSA) is 102 Å². The molecule has 1 fully saturated rings. The third kappa shape index (κ3) is 7.67. The lowest BCUT2D eigenvalue weighted by atomic mass is 9.65. The van der Waals surface area contributed by atoms with Crippen molar-refractivity contribution in [3.8, 4) is 0 Å². The Morgan fingerprint density at radius 2 is 1.70 bits per heavy atom. The standard InChI is InChI=1S/C33H37F3N2O5S/c1-5-17-32(18-16-22-10-7-6-8-11-22)20-26(39)28(30(40)43-32)29(31(2,3)4)23-12-9-13-25(19-23)38-44(41,42)27-15-14-24(21-37-27)33(34,35)36/h6-15,19,21,28-29,38H,5,16-18,20H2,1-4H3. The summed E-state index contributed by atoms with van der Waals surface area (Å²) in [6.07, 6.45) is -1.65. The lowest BCUT2D eigenvalue weighted by Crippen LogP contribution is -2.51. The minimum Gasteiger partial charge on any atom is -0.458 e. The number of benzene rings is 2. The summed E-state index contributed by atoms with van der Waals surface area (Å²) in [5.41, 5.74) is -0.839. The number of Topliss-reactive ketones (excluding diaryl/α,β-unsaturated/α-hetero) is 1. The Balaban J connectivity index is 1.59. The maximum atomic E-state index is 13.9. The molecule has 7 nitrogen and oxygen atoms in total. The van der Waals surface area contributed by atoms with Crippen molar-refractivity contribution in [3.63, 3.8) is 0 Å². The van der Waals surface area contributed by atoms with E-state index in [-0.39, 0.29) is 17.9 Å². The molecule has 0 saturated carbocycles. The zero-order valence-corrected chi connectivity index (χ0v) is 26.0. The molecule has 0 bridgehead atoms. The van der Waals surface area contributed by atoms with Gasteiger partial charge in [-0.3, -0.25) is 14.3 Å². The highest BCUT2D eigenvalue weighted by molar-refractivity contribution is 7.92. The van der Waals surface area contributed by atoms with Crippen LogP contribution in [0, 0.1) is 11.3 Å². The first kappa shape index (κ1) is 33.2. The highest BCUT2D eigenvalue weighted by atomic mass is 32.2. The van der Waals surface area contributed by atoms with Crippen molar-refractivity contribution in [2.45, 2.75) is 82.5 Å². The lowest BCUT2D eigenvalue weighted by Gasteiger charge is -2.44. The van der Waals surface area contributed by atoms with Crippen LogP contribution < -0.4 is 4.72 Å². The smallest absolute Gasteiger partial charge is 0.417 e. The second-order valence-corrected chi connectivity index (χ2v) is 14.0. The van der Waals surface area contributed by atoms with Crippen LogP contribution in [-0.2, 0) is 36.9 Å². The van der Waals surface area contributed by atoms with Gasteiger partial charge in [-0.2, -0.15) is 21.6 Å². The second-order valence-electron chi connectivity index (χ2n) is 12.4. The van der Waals surface area contributed by atoms with Crippen LogP contribution >= 0.6 is 0 Å². The molecule has 2 heterocycles. The van der Waals surface area contributed by atoms with Gasteiger partial charge in [0.1, 0.15) is 11.5 Å². The van der Waals surface area contributed by atoms with Crippen LogP contribution in [0.2, 0.25) is 0 Å². The molecule has 0 spiro atoms. The predicted octanol–water partition coefficient (Wildman–Crippen LogP) is 7.33. The fourth-order valence-corrected chi connectivity index (χ4v) is 6.95. The number of aryl methyl sites for hydroxylation is 1. The number of carbonyl (C=O) groups is 2. The molecule has 3 unspecified atom stereocenters. The number of ether oxygens (including phenoxy) is 1. The third-order valence-corrected chi connectivity index (χ3v) is 9.23. The van der Waals surface area contributed by atoms with Gasteiger partial charge in [0.15, 0.2) is 10.8 Å². The quantitative estimate of drug-likeness (QED) is 0.186. The number of alkyl halides is 3. The highest BCUT2D eigenvalue weighted by Crippen LogP contribution is 2.47. The van der Waals surface area contributed by atoms with Gasteiger partial charge in [-0.15, -0.1) is 0 Å². The molecule has 44 heavy (non-hydrogen) atoms. The van der Waals surface area contributed by atoms with Gasteiger partial charge in [-0.1, -0.05) is 76.6 Å². The van der Waals surface area contributed by atoms with E-state index < -0.39 is 55.6 Å². The van der Waals surface area contributed by atoms with Crippen LogP contribution in [0.3, 0.4) is 0 Å². The van der Waals surface area contributed by atoms with Crippen LogP contribution in [0.1, 0.15) is 76.0 Å². The van der Waals surface area contributed by atoms with Gasteiger partial charge in [0.2, 0.25) is 0 Å². The fourth-order valence-electron chi connectivity index (χ4n) is 5.97. The Morgan fingerprint density at radius 3 is 2.27 bits per heavy atom. The average molecular weight is 631 g/mol. The molecule has 4 rings (SSSR count). The normalized spacial score (nSPS) is 20.2. The van der Waals surface area contributed by atoms with E-state index in [1.165, 1.54) is 12.1 Å². The highest BCUT2D eigenvalue weighted by Gasteiger charge is 2.51. The molecule has 3 aromatic rings. The summed E-state index contributed by atoms with van der Waals surface area (Å²) in [7, 11) is -4.34. The van der Waals surface area contributed by atoms with Crippen molar-refractivity contribution in [1.82, 2.24) is 4.98 Å². The van der Waals surface area contributed by atoms with Crippen molar-refractivity contribution in [1.29, 1.82) is 0 Å². The maximum Gasteiger partial charge on any atom is 0.417 e. The molecule has 1 aliphatic heterocycles. The molecule has 0 radical (unpaired) electrons. The zero-order valence-electron chi connectivity index (χ0n) is 25.1. The van der Waals surface area contributed by atoms with E-state index in [0.29, 0.717) is 37.1 Å². The number of nitrogens with zero attached hydrogens (tertiary/aromatic N) is 1. The number of nitrogens with one attached hydrogen (secondary N) is 1. The number of hydrogen-bond donors (Lipinski definition) is 1. The first-order chi connectivity index (χ1) is 20.5. The molecule has 1 aromatic heterocycles. The molecule has 3 atom stereocenters. The summed E-state index contributed by atoms with van der Waals surface area (Å²) < 4.78 is 73.2. The van der Waals surface area contributed by atoms with Gasteiger partial charge >= 0.3 is 12.1 Å². The van der Waals surface area contributed by atoms with Gasteiger partial charge in [0, 0.05) is 24.2 Å². The molecule has 11 heteroatoms. The Kier molecular flexibility index (Phi) is 9.58. The maximum absolute atomic E-state index is 13.9. The molecule has 0 aliphatic carbocycles. The van der Waals surface area contributed by atoms with E-state index in [9.17, 15) is 31.2 Å². The number of aromatic nitrogens is 1. The van der Waals surface area contributed by atoms with Gasteiger partial charge in [0.25, 0.3) is 10.0 Å². The van der Waals surface area contributed by atoms with Crippen LogP contribution in [0.5, 0.6) is 0 Å². The molecule has 236 valence electrons. The van der Waals surface area contributed by atoms with E-state index in [0.717, 1.165) is 18.1 Å². The Morgan fingerprint density at radius 1 is 1.00 bits per heavy atom. The molecular formula is C33H37F3N2O5S. The number of halogens is 3. The monoisotopic (exact) mass is 630 g/mol. The predicted molar refractivity (Wildman–Crippen MR) is 160 cm³/mol. The van der Waals surface area contributed by atoms with Crippen LogP contribution in [0.25, 0.3) is 0 Å². The summed E-state index contributed by atoms with van der Waals surface area (Å²) in [4.78, 5) is 31.1. The van der Waals surface area contributed by atoms with E-state index in [1.54, 1.807) is 12.1 Å². The number of hydrogen-bond acceptors (Lipinski definition) is 6. The average Bonchev–Trinajstić information content (AvgIpc) is 2.93. The molecule has 1 N–H and O–H groups in total. The van der Waals surface area contributed by atoms with Gasteiger partial charge < -0.3 is 4.74 Å². The number of carbonyl (C=O) groups excluding carboxylic acids is 2. The van der Waals surface area contributed by atoms with Crippen LogP contribution in [0.15, 0.2) is 78.0 Å². The van der Waals surface area contributed by atoms with Crippen molar-refractivity contribution in [2.75, 3.05) is 4.72 Å². The minimum atomic E-state index is -4.66.